The van der Waals surface area contributed by atoms with Crippen LogP contribution in [0.5, 0.6) is 0 Å². The maximum absolute atomic E-state index is 5.68. The number of hydrogen-bond acceptors (Lipinski definition) is 2. The van der Waals surface area contributed by atoms with E-state index >= 15 is 0 Å². The normalized spacial score (nSPS) is 34.2. The minimum Gasteiger partial charge on any atom is -0.402 e. The van der Waals surface area contributed by atoms with Crippen LogP contribution in [-0.2, 0) is 0 Å². The molecule has 0 fully saturated rings. The molecule has 1 unspecified atom stereocenters. The second kappa shape index (κ2) is 2.15. The molecule has 0 saturated carbocycles. The van der Waals surface area contributed by atoms with E-state index in [1.54, 1.807) is 0 Å². The van der Waals surface area contributed by atoms with Crippen molar-refractivity contribution in [1.82, 2.24) is 0 Å². The molecular formula is C6H9BrN2. The van der Waals surface area contributed by atoms with Gasteiger partial charge in [-0.3, -0.25) is 0 Å². The van der Waals surface area contributed by atoms with Gasteiger partial charge in [0, 0.05) is 12.1 Å². The largest absolute Gasteiger partial charge is 0.402 e. The van der Waals surface area contributed by atoms with Crippen LogP contribution in [0, 0.1) is 0 Å². The number of alkyl halides is 1. The molecule has 0 aromatic carbocycles. The van der Waals surface area contributed by atoms with E-state index < -0.39 is 4.45 Å². The molecule has 3 heteroatoms. The van der Waals surface area contributed by atoms with Gasteiger partial charge in [0.05, 0.1) is 4.45 Å². The summed E-state index contributed by atoms with van der Waals surface area (Å²) in [5, 5.41) is 0. The summed E-state index contributed by atoms with van der Waals surface area (Å²) in [6.07, 6.45) is 6.27. The van der Waals surface area contributed by atoms with Crippen LogP contribution in [0.1, 0.15) is 6.42 Å². The highest BCUT2D eigenvalue weighted by Gasteiger charge is 2.19. The zero-order valence-electron chi connectivity index (χ0n) is 4.97. The van der Waals surface area contributed by atoms with Crippen molar-refractivity contribution in [1.29, 1.82) is 0 Å². The van der Waals surface area contributed by atoms with Crippen molar-refractivity contribution in [2.24, 2.45) is 11.5 Å². The third-order valence-corrected chi connectivity index (χ3v) is 1.70. The van der Waals surface area contributed by atoms with Crippen LogP contribution in [0.25, 0.3) is 0 Å². The summed E-state index contributed by atoms with van der Waals surface area (Å²) in [4.78, 5) is 0. The fraction of sp³-hybridized carbons (Fsp3) is 0.333. The van der Waals surface area contributed by atoms with Crippen molar-refractivity contribution in [2.45, 2.75) is 10.9 Å². The molecule has 50 valence electrons. The monoisotopic (exact) mass is 188 g/mol. The van der Waals surface area contributed by atoms with Crippen molar-refractivity contribution < 1.29 is 0 Å². The summed E-state index contributed by atoms with van der Waals surface area (Å²) >= 11 is 3.30. The zero-order valence-corrected chi connectivity index (χ0v) is 6.56. The lowest BCUT2D eigenvalue weighted by Gasteiger charge is -2.20. The number of rotatable bonds is 0. The Balaban J connectivity index is 2.73. The van der Waals surface area contributed by atoms with E-state index in [9.17, 15) is 0 Å². The van der Waals surface area contributed by atoms with E-state index in [0.29, 0.717) is 6.42 Å². The van der Waals surface area contributed by atoms with Gasteiger partial charge in [0.2, 0.25) is 0 Å². The Morgan fingerprint density at radius 2 is 2.33 bits per heavy atom. The molecule has 0 spiro atoms. The summed E-state index contributed by atoms with van der Waals surface area (Å²) in [7, 11) is 0. The van der Waals surface area contributed by atoms with Crippen molar-refractivity contribution in [3.8, 4) is 0 Å². The van der Waals surface area contributed by atoms with Crippen LogP contribution in [-0.4, -0.2) is 4.45 Å². The summed E-state index contributed by atoms with van der Waals surface area (Å²) in [6.45, 7) is 0. The standard InChI is InChI=1S/C6H9BrN2/c7-6(9)3-1-2-5(8)4-6/h1-3H,4,8-9H2. The van der Waals surface area contributed by atoms with Crippen LogP contribution in [0.2, 0.25) is 0 Å². The molecule has 0 aromatic rings. The maximum atomic E-state index is 5.68. The minimum atomic E-state index is -0.411. The topological polar surface area (TPSA) is 52.0 Å². The smallest absolute Gasteiger partial charge is 0.0960 e. The highest BCUT2D eigenvalue weighted by atomic mass is 79.9. The average Bonchev–Trinajstić information content (AvgIpc) is 1.60. The third-order valence-electron chi connectivity index (χ3n) is 1.16. The number of nitrogens with two attached hydrogens (primary N) is 2. The molecule has 1 aliphatic rings. The summed E-state index contributed by atoms with van der Waals surface area (Å²) in [5.41, 5.74) is 12.0. The Morgan fingerprint density at radius 1 is 1.67 bits per heavy atom. The van der Waals surface area contributed by atoms with Gasteiger partial charge in [-0.05, 0) is 6.08 Å². The molecule has 1 atom stereocenters. The lowest BCUT2D eigenvalue weighted by molar-refractivity contribution is 0.737. The highest BCUT2D eigenvalue weighted by molar-refractivity contribution is 9.10. The van der Waals surface area contributed by atoms with Crippen molar-refractivity contribution in [2.75, 3.05) is 0 Å². The molecule has 0 aliphatic heterocycles. The first kappa shape index (κ1) is 6.83. The first-order valence-corrected chi connectivity index (χ1v) is 3.51. The fourth-order valence-corrected chi connectivity index (χ4v) is 1.24. The van der Waals surface area contributed by atoms with Crippen molar-refractivity contribution in [3.05, 3.63) is 23.9 Å². The lowest BCUT2D eigenvalue weighted by atomic mass is 10.1. The number of halogens is 1. The van der Waals surface area contributed by atoms with Gasteiger partial charge in [0.25, 0.3) is 0 Å². The molecule has 1 aliphatic carbocycles. The Bertz CT molecular complexity index is 170. The van der Waals surface area contributed by atoms with Gasteiger partial charge in [-0.15, -0.1) is 0 Å². The fourth-order valence-electron chi connectivity index (χ4n) is 0.762. The Kier molecular flexibility index (Phi) is 1.64. The Hall–Kier alpha value is -0.280. The van der Waals surface area contributed by atoms with Crippen LogP contribution in [0.3, 0.4) is 0 Å². The van der Waals surface area contributed by atoms with Gasteiger partial charge >= 0.3 is 0 Å². The summed E-state index contributed by atoms with van der Waals surface area (Å²) < 4.78 is -0.411. The molecular weight excluding hydrogens is 180 g/mol. The predicted octanol–water partition coefficient (Wildman–Crippen LogP) is 0.839. The first-order valence-electron chi connectivity index (χ1n) is 2.72. The van der Waals surface area contributed by atoms with Crippen molar-refractivity contribution >= 4 is 15.9 Å². The summed E-state index contributed by atoms with van der Waals surface area (Å²) in [6, 6.07) is 0. The minimum absolute atomic E-state index is 0.411. The second-order valence-corrected chi connectivity index (χ2v) is 3.68. The number of allylic oxidation sites excluding steroid dienone is 2. The Labute approximate surface area is 62.7 Å². The van der Waals surface area contributed by atoms with E-state index in [1.165, 1.54) is 0 Å². The van der Waals surface area contributed by atoms with Gasteiger partial charge in [0.15, 0.2) is 0 Å². The van der Waals surface area contributed by atoms with Gasteiger partial charge in [-0.1, -0.05) is 28.1 Å². The van der Waals surface area contributed by atoms with Gasteiger partial charge in [-0.25, -0.2) is 0 Å². The van der Waals surface area contributed by atoms with Crippen LogP contribution < -0.4 is 11.5 Å². The van der Waals surface area contributed by atoms with E-state index in [1.807, 2.05) is 18.2 Å². The molecule has 0 amide bonds. The maximum Gasteiger partial charge on any atom is 0.0960 e. The summed E-state index contributed by atoms with van der Waals surface area (Å²) in [5.74, 6) is 0. The zero-order chi connectivity index (χ0) is 6.91. The Morgan fingerprint density at radius 3 is 2.67 bits per heavy atom. The molecule has 2 nitrogen and oxygen atoms in total. The molecule has 0 heterocycles. The average molecular weight is 189 g/mol. The molecule has 1 rings (SSSR count). The molecule has 0 bridgehead atoms. The van der Waals surface area contributed by atoms with Gasteiger partial charge in [-0.2, -0.15) is 0 Å². The van der Waals surface area contributed by atoms with E-state index in [2.05, 4.69) is 15.9 Å². The van der Waals surface area contributed by atoms with E-state index in [-0.39, 0.29) is 0 Å². The highest BCUT2D eigenvalue weighted by Crippen LogP contribution is 2.23. The van der Waals surface area contributed by atoms with Crippen LogP contribution in [0.4, 0.5) is 0 Å². The van der Waals surface area contributed by atoms with Gasteiger partial charge in [0.1, 0.15) is 0 Å². The molecule has 0 radical (unpaired) electrons. The van der Waals surface area contributed by atoms with Crippen molar-refractivity contribution in [3.63, 3.8) is 0 Å². The number of hydrogen-bond donors (Lipinski definition) is 2. The molecule has 4 N–H and O–H groups in total. The molecule has 0 aromatic heterocycles. The first-order chi connectivity index (χ1) is 4.10. The second-order valence-electron chi connectivity index (χ2n) is 2.20. The predicted molar refractivity (Wildman–Crippen MR) is 41.9 cm³/mol. The molecule has 9 heavy (non-hydrogen) atoms. The SMILES string of the molecule is NC1=CC=CC(N)(Br)C1. The third kappa shape index (κ3) is 1.84. The lowest BCUT2D eigenvalue weighted by Crippen LogP contribution is -2.32. The van der Waals surface area contributed by atoms with E-state index in [4.69, 9.17) is 11.5 Å². The van der Waals surface area contributed by atoms with Crippen LogP contribution >= 0.6 is 15.9 Å². The molecule has 0 saturated heterocycles. The van der Waals surface area contributed by atoms with E-state index in [0.717, 1.165) is 5.70 Å². The quantitative estimate of drug-likeness (QED) is 0.438. The van der Waals surface area contributed by atoms with Gasteiger partial charge < -0.3 is 11.5 Å². The van der Waals surface area contributed by atoms with Crippen LogP contribution in [0.15, 0.2) is 23.9 Å².